The number of hydrogen-bond acceptors (Lipinski definition) is 4. The summed E-state index contributed by atoms with van der Waals surface area (Å²) in [6.07, 6.45) is 0. The molecular weight excluding hydrogens is 324 g/mol. The number of carbonyl (C=O) groups is 2. The van der Waals surface area contributed by atoms with Crippen molar-refractivity contribution in [2.75, 3.05) is 5.32 Å². The molecular formula is C17H16N4O2S. The van der Waals surface area contributed by atoms with Crippen LogP contribution in [0.2, 0.25) is 0 Å². The number of primary amides is 1. The molecule has 0 bridgehead atoms. The topological polar surface area (TPSA) is 101 Å². The predicted molar refractivity (Wildman–Crippen MR) is 94.9 cm³/mol. The molecule has 3 aromatic rings. The molecule has 0 aliphatic rings. The van der Waals surface area contributed by atoms with Crippen molar-refractivity contribution < 1.29 is 9.59 Å². The maximum Gasteiger partial charge on any atom is 0.250 e. The lowest BCUT2D eigenvalue weighted by Crippen LogP contribution is -2.11. The van der Waals surface area contributed by atoms with E-state index in [-0.39, 0.29) is 5.91 Å². The number of nitrogens with one attached hydrogen (secondary N) is 2. The molecule has 0 aliphatic heterocycles. The second-order valence-corrected chi connectivity index (χ2v) is 6.24. The van der Waals surface area contributed by atoms with Gasteiger partial charge in [0.25, 0.3) is 5.91 Å². The maximum absolute atomic E-state index is 11.4. The van der Waals surface area contributed by atoms with Crippen LogP contribution in [-0.2, 0) is 10.5 Å². The number of fused-ring (bicyclic) bond motifs is 1. The molecule has 6 nitrogen and oxygen atoms in total. The van der Waals surface area contributed by atoms with E-state index in [4.69, 9.17) is 5.73 Å². The van der Waals surface area contributed by atoms with Crippen molar-refractivity contribution in [2.24, 2.45) is 5.73 Å². The average molecular weight is 340 g/mol. The minimum Gasteiger partial charge on any atom is -0.366 e. The van der Waals surface area contributed by atoms with Crippen molar-refractivity contribution in [2.45, 2.75) is 17.8 Å². The molecule has 0 unspecified atom stereocenters. The van der Waals surface area contributed by atoms with E-state index in [0.717, 1.165) is 21.9 Å². The summed E-state index contributed by atoms with van der Waals surface area (Å²) in [7, 11) is 0. The molecule has 122 valence electrons. The highest BCUT2D eigenvalue weighted by atomic mass is 32.2. The molecule has 24 heavy (non-hydrogen) atoms. The molecule has 0 aliphatic carbocycles. The van der Waals surface area contributed by atoms with Gasteiger partial charge in [-0.15, -0.1) is 0 Å². The van der Waals surface area contributed by atoms with Gasteiger partial charge in [0.1, 0.15) is 5.52 Å². The fourth-order valence-corrected chi connectivity index (χ4v) is 3.15. The number of nitrogens with two attached hydrogens (primary N) is 1. The fourth-order valence-electron chi connectivity index (χ4n) is 2.32. The third-order valence-electron chi connectivity index (χ3n) is 3.41. The highest BCUT2D eigenvalue weighted by Crippen LogP contribution is 2.25. The van der Waals surface area contributed by atoms with E-state index < -0.39 is 5.91 Å². The molecule has 0 spiro atoms. The van der Waals surface area contributed by atoms with Gasteiger partial charge < -0.3 is 16.0 Å². The molecule has 1 aromatic heterocycles. The molecule has 1 heterocycles. The molecule has 0 saturated heterocycles. The normalized spacial score (nSPS) is 10.7. The van der Waals surface area contributed by atoms with Crippen LogP contribution in [-0.4, -0.2) is 21.8 Å². The van der Waals surface area contributed by atoms with Crippen molar-refractivity contribution in [1.82, 2.24) is 9.97 Å². The van der Waals surface area contributed by atoms with E-state index >= 15 is 0 Å². The number of thioether (sulfide) groups is 1. The Morgan fingerprint density at radius 1 is 1.21 bits per heavy atom. The number of anilines is 1. The Morgan fingerprint density at radius 2 is 1.96 bits per heavy atom. The van der Waals surface area contributed by atoms with Crippen LogP contribution in [0.15, 0.2) is 47.6 Å². The van der Waals surface area contributed by atoms with Crippen LogP contribution in [0.4, 0.5) is 5.69 Å². The number of amides is 2. The predicted octanol–water partition coefficient (Wildman–Crippen LogP) is 2.91. The van der Waals surface area contributed by atoms with Gasteiger partial charge in [-0.1, -0.05) is 30.0 Å². The lowest BCUT2D eigenvalue weighted by molar-refractivity contribution is -0.114. The van der Waals surface area contributed by atoms with Crippen molar-refractivity contribution in [3.8, 4) is 0 Å². The highest BCUT2D eigenvalue weighted by Gasteiger charge is 2.11. The van der Waals surface area contributed by atoms with Crippen LogP contribution in [0.25, 0.3) is 11.0 Å². The van der Waals surface area contributed by atoms with Crippen LogP contribution in [0.1, 0.15) is 22.8 Å². The smallest absolute Gasteiger partial charge is 0.250 e. The lowest BCUT2D eigenvalue weighted by Gasteiger charge is -2.03. The lowest BCUT2D eigenvalue weighted by atomic mass is 10.2. The number of imidazole rings is 1. The Kier molecular flexibility index (Phi) is 4.52. The quantitative estimate of drug-likeness (QED) is 0.622. The first kappa shape index (κ1) is 16.1. The van der Waals surface area contributed by atoms with Crippen LogP contribution >= 0.6 is 11.8 Å². The van der Waals surface area contributed by atoms with Gasteiger partial charge in [-0.25, -0.2) is 4.98 Å². The van der Waals surface area contributed by atoms with Crippen LogP contribution in [0.5, 0.6) is 0 Å². The third-order valence-corrected chi connectivity index (χ3v) is 4.35. The average Bonchev–Trinajstić information content (AvgIpc) is 2.96. The standard InChI is InChI=1S/C17H16N4O2S/c1-10(22)19-12-7-5-11(6-8-12)9-24-17-20-14-4-2-3-13(16(18)23)15(14)21-17/h2-8H,9H2,1H3,(H2,18,23)(H,19,22)(H,20,21). The second-order valence-electron chi connectivity index (χ2n) is 5.27. The van der Waals surface area contributed by atoms with E-state index in [1.807, 2.05) is 30.3 Å². The Morgan fingerprint density at radius 3 is 2.62 bits per heavy atom. The summed E-state index contributed by atoms with van der Waals surface area (Å²) in [4.78, 5) is 30.1. The van der Waals surface area contributed by atoms with Gasteiger partial charge in [0.05, 0.1) is 11.1 Å². The summed E-state index contributed by atoms with van der Waals surface area (Å²) in [5, 5.41) is 3.46. The zero-order valence-electron chi connectivity index (χ0n) is 13.0. The Labute approximate surface area is 142 Å². The first-order chi connectivity index (χ1) is 11.5. The first-order valence-corrected chi connectivity index (χ1v) is 8.29. The molecule has 2 amide bonds. The Hall–Kier alpha value is -2.80. The molecule has 0 atom stereocenters. The van der Waals surface area contributed by atoms with Crippen molar-refractivity contribution in [3.63, 3.8) is 0 Å². The van der Waals surface area contributed by atoms with Gasteiger partial charge in [-0.2, -0.15) is 0 Å². The summed E-state index contributed by atoms with van der Waals surface area (Å²) in [5.41, 5.74) is 9.03. The van der Waals surface area contributed by atoms with E-state index in [9.17, 15) is 9.59 Å². The van der Waals surface area contributed by atoms with E-state index in [0.29, 0.717) is 16.8 Å². The van der Waals surface area contributed by atoms with Gasteiger partial charge >= 0.3 is 0 Å². The number of H-pyrrole nitrogens is 1. The summed E-state index contributed by atoms with van der Waals surface area (Å²) in [6, 6.07) is 12.9. The van der Waals surface area contributed by atoms with Crippen molar-refractivity contribution in [3.05, 3.63) is 53.6 Å². The van der Waals surface area contributed by atoms with Crippen LogP contribution in [0, 0.1) is 0 Å². The fraction of sp³-hybridized carbons (Fsp3) is 0.118. The number of nitrogens with zero attached hydrogens (tertiary/aromatic N) is 1. The minimum absolute atomic E-state index is 0.0929. The van der Waals surface area contributed by atoms with E-state index in [1.54, 1.807) is 12.1 Å². The second kappa shape index (κ2) is 6.76. The van der Waals surface area contributed by atoms with Gasteiger partial charge in [-0.05, 0) is 29.8 Å². The number of hydrogen-bond donors (Lipinski definition) is 3. The Bertz CT molecular complexity index is 903. The largest absolute Gasteiger partial charge is 0.366 e. The van der Waals surface area contributed by atoms with Gasteiger partial charge in [0, 0.05) is 18.4 Å². The van der Waals surface area contributed by atoms with Crippen LogP contribution in [0.3, 0.4) is 0 Å². The number of aromatic nitrogens is 2. The SMILES string of the molecule is CC(=O)Nc1ccc(CSc2nc3c(C(N)=O)cccc3[nH]2)cc1. The third kappa shape index (κ3) is 3.57. The van der Waals surface area contributed by atoms with E-state index in [2.05, 4.69) is 15.3 Å². The molecule has 0 fully saturated rings. The van der Waals surface area contributed by atoms with Gasteiger partial charge in [0.2, 0.25) is 5.91 Å². The number of para-hydroxylation sites is 1. The van der Waals surface area contributed by atoms with Crippen molar-refractivity contribution in [1.29, 1.82) is 0 Å². The number of rotatable bonds is 5. The van der Waals surface area contributed by atoms with Crippen LogP contribution < -0.4 is 11.1 Å². The zero-order chi connectivity index (χ0) is 17.1. The molecule has 7 heteroatoms. The zero-order valence-corrected chi connectivity index (χ0v) is 13.8. The molecule has 0 saturated carbocycles. The summed E-state index contributed by atoms with van der Waals surface area (Å²) in [6.45, 7) is 1.48. The summed E-state index contributed by atoms with van der Waals surface area (Å²) in [5.74, 6) is 0.133. The summed E-state index contributed by atoms with van der Waals surface area (Å²) < 4.78 is 0. The Balaban J connectivity index is 1.72. The van der Waals surface area contributed by atoms with E-state index in [1.165, 1.54) is 18.7 Å². The first-order valence-electron chi connectivity index (χ1n) is 7.31. The molecule has 4 N–H and O–H groups in total. The molecule has 3 rings (SSSR count). The van der Waals surface area contributed by atoms with Gasteiger partial charge in [-0.3, -0.25) is 9.59 Å². The highest BCUT2D eigenvalue weighted by molar-refractivity contribution is 7.98. The van der Waals surface area contributed by atoms with Gasteiger partial charge in [0.15, 0.2) is 5.16 Å². The minimum atomic E-state index is -0.489. The number of aromatic amines is 1. The van der Waals surface area contributed by atoms with Crippen molar-refractivity contribution >= 4 is 40.3 Å². The molecule has 2 aromatic carbocycles. The number of carbonyl (C=O) groups excluding carboxylic acids is 2. The number of benzene rings is 2. The molecule has 0 radical (unpaired) electrons. The monoisotopic (exact) mass is 340 g/mol. The summed E-state index contributed by atoms with van der Waals surface area (Å²) >= 11 is 1.53. The maximum atomic E-state index is 11.4.